The van der Waals surface area contributed by atoms with Crippen LogP contribution in [0.25, 0.3) is 54.9 Å². The fraction of sp³-hybridized carbons (Fsp3) is 0.185. The molecule has 8 aromatic rings. The Labute approximate surface area is 326 Å². The van der Waals surface area contributed by atoms with E-state index in [1.54, 1.807) is 0 Å². The van der Waals surface area contributed by atoms with Gasteiger partial charge in [-0.2, -0.15) is 0 Å². The summed E-state index contributed by atoms with van der Waals surface area (Å²) in [6.07, 6.45) is 6.52. The minimum atomic E-state index is 0.00335. The lowest BCUT2D eigenvalue weighted by molar-refractivity contribution is 0.445. The lowest BCUT2D eigenvalue weighted by Gasteiger charge is -2.32. The van der Waals surface area contributed by atoms with Crippen LogP contribution < -0.4 is 4.90 Å². The number of benzene rings is 8. The van der Waals surface area contributed by atoms with Crippen LogP contribution in [0.15, 0.2) is 176 Å². The predicted molar refractivity (Wildman–Crippen MR) is 237 cm³/mol. The molecule has 0 unspecified atom stereocenters. The van der Waals surface area contributed by atoms with Gasteiger partial charge >= 0.3 is 0 Å². The molecule has 8 aromatic carbocycles. The molecule has 0 saturated heterocycles. The second-order valence-electron chi connectivity index (χ2n) is 16.4. The molecule has 0 aromatic heterocycles. The highest BCUT2D eigenvalue weighted by atomic mass is 15.1. The van der Waals surface area contributed by atoms with E-state index >= 15 is 0 Å². The topological polar surface area (TPSA) is 3.24 Å². The molecule has 0 spiro atoms. The van der Waals surface area contributed by atoms with E-state index in [4.69, 9.17) is 0 Å². The van der Waals surface area contributed by atoms with Crippen LogP contribution in [0.5, 0.6) is 0 Å². The van der Waals surface area contributed by atoms with Gasteiger partial charge in [-0.1, -0.05) is 186 Å². The number of rotatable bonds is 7. The van der Waals surface area contributed by atoms with Gasteiger partial charge in [-0.15, -0.1) is 0 Å². The molecule has 0 aliphatic heterocycles. The third-order valence-corrected chi connectivity index (χ3v) is 11.8. The van der Waals surface area contributed by atoms with E-state index in [9.17, 15) is 0 Å². The number of para-hydroxylation sites is 1. The first-order valence-corrected chi connectivity index (χ1v) is 20.1. The van der Waals surface area contributed by atoms with Gasteiger partial charge in [0, 0.05) is 16.8 Å². The number of fused-ring (bicyclic) bond motifs is 2. The highest BCUT2D eigenvalue weighted by molar-refractivity contribution is 6.04. The summed E-state index contributed by atoms with van der Waals surface area (Å²) in [5, 5.41) is 5.26. The standard InChI is InChI=1S/C54H49N/c1-54(2,3)43-33-36-52(50(37-43)40-19-8-5-9-20-40)55(44-34-31-41(32-35-44)46-27-14-22-38-21-10-11-25-45(38)46)51-30-13-12-26-48(51)49-29-16-24-42-23-15-28-47(53(42)49)39-17-6-4-7-18-39/h5,8-16,19-37,39H,4,6-7,17-18H2,1-3H3. The van der Waals surface area contributed by atoms with Crippen LogP contribution in [0, 0.1) is 0 Å². The summed E-state index contributed by atoms with van der Waals surface area (Å²) in [6.45, 7) is 6.92. The first kappa shape index (κ1) is 34.8. The average Bonchev–Trinajstić information content (AvgIpc) is 3.24. The number of hydrogen-bond donors (Lipinski definition) is 0. The van der Waals surface area contributed by atoms with E-state index < -0.39 is 0 Å². The van der Waals surface area contributed by atoms with E-state index in [0.29, 0.717) is 5.92 Å². The lowest BCUT2D eigenvalue weighted by atomic mass is 9.80. The van der Waals surface area contributed by atoms with Crippen molar-refractivity contribution in [1.82, 2.24) is 0 Å². The Bertz CT molecular complexity index is 2590. The van der Waals surface area contributed by atoms with Crippen LogP contribution in [0.2, 0.25) is 0 Å². The molecule has 55 heavy (non-hydrogen) atoms. The van der Waals surface area contributed by atoms with Gasteiger partial charge < -0.3 is 4.90 Å². The molecule has 1 aliphatic rings. The maximum Gasteiger partial charge on any atom is 0.0540 e. The van der Waals surface area contributed by atoms with Gasteiger partial charge in [-0.3, -0.25) is 0 Å². The van der Waals surface area contributed by atoms with Crippen molar-refractivity contribution in [2.75, 3.05) is 4.90 Å². The fourth-order valence-corrected chi connectivity index (χ4v) is 8.97. The van der Waals surface area contributed by atoms with E-state index in [1.165, 1.54) is 104 Å². The highest BCUT2D eigenvalue weighted by Crippen LogP contribution is 2.48. The van der Waals surface area contributed by atoms with Gasteiger partial charge in [0.15, 0.2) is 0 Å². The smallest absolute Gasteiger partial charge is 0.0540 e. The zero-order valence-corrected chi connectivity index (χ0v) is 32.3. The van der Waals surface area contributed by atoms with Gasteiger partial charge in [0.05, 0.1) is 11.4 Å². The largest absolute Gasteiger partial charge is 0.309 e. The number of anilines is 3. The third kappa shape index (κ3) is 6.74. The molecule has 0 radical (unpaired) electrons. The maximum absolute atomic E-state index is 2.51. The second kappa shape index (κ2) is 14.7. The first-order chi connectivity index (χ1) is 26.9. The average molecular weight is 712 g/mol. The number of nitrogens with zero attached hydrogens (tertiary/aromatic N) is 1. The van der Waals surface area contributed by atoms with Crippen molar-refractivity contribution in [2.24, 2.45) is 0 Å². The van der Waals surface area contributed by atoms with Crippen LogP contribution in [0.4, 0.5) is 17.1 Å². The second-order valence-corrected chi connectivity index (χ2v) is 16.4. The molecule has 0 bridgehead atoms. The summed E-state index contributed by atoms with van der Waals surface area (Å²) in [6, 6.07) is 65.5. The zero-order chi connectivity index (χ0) is 37.4. The predicted octanol–water partition coefficient (Wildman–Crippen LogP) is 15.8. The molecule has 1 saturated carbocycles. The van der Waals surface area contributed by atoms with Crippen LogP contribution in [-0.4, -0.2) is 0 Å². The molecule has 270 valence electrons. The SMILES string of the molecule is CC(C)(C)c1ccc(N(c2ccc(-c3cccc4ccccc34)cc2)c2ccccc2-c2cccc3cccc(C4CCCCC4)c23)c(-c2ccccc2)c1. The molecule has 0 N–H and O–H groups in total. The highest BCUT2D eigenvalue weighted by Gasteiger charge is 2.25. The summed E-state index contributed by atoms with van der Waals surface area (Å²) in [5.74, 6) is 0.595. The van der Waals surface area contributed by atoms with Crippen molar-refractivity contribution < 1.29 is 0 Å². The molecule has 9 rings (SSSR count). The number of hydrogen-bond acceptors (Lipinski definition) is 1. The normalized spacial score (nSPS) is 13.7. The van der Waals surface area contributed by atoms with Crippen molar-refractivity contribution in [3.05, 3.63) is 187 Å². The van der Waals surface area contributed by atoms with E-state index in [1.807, 2.05) is 0 Å². The van der Waals surface area contributed by atoms with Crippen molar-refractivity contribution in [3.8, 4) is 33.4 Å². The van der Waals surface area contributed by atoms with Gasteiger partial charge in [0.2, 0.25) is 0 Å². The van der Waals surface area contributed by atoms with Crippen molar-refractivity contribution >= 4 is 38.6 Å². The van der Waals surface area contributed by atoms with E-state index in [0.717, 1.165) is 11.4 Å². The third-order valence-electron chi connectivity index (χ3n) is 11.8. The molecule has 1 nitrogen and oxygen atoms in total. The van der Waals surface area contributed by atoms with Crippen LogP contribution in [0.1, 0.15) is 69.9 Å². The van der Waals surface area contributed by atoms with Gasteiger partial charge in [0.1, 0.15) is 0 Å². The molecule has 1 aliphatic carbocycles. The van der Waals surface area contributed by atoms with Crippen LogP contribution >= 0.6 is 0 Å². The molecule has 0 atom stereocenters. The van der Waals surface area contributed by atoms with Gasteiger partial charge in [-0.25, -0.2) is 0 Å². The Morgan fingerprint density at radius 3 is 1.84 bits per heavy atom. The Kier molecular flexibility index (Phi) is 9.32. The molecule has 0 heterocycles. The zero-order valence-electron chi connectivity index (χ0n) is 32.3. The quantitative estimate of drug-likeness (QED) is 0.159. The van der Waals surface area contributed by atoms with E-state index in [2.05, 4.69) is 202 Å². The molecular weight excluding hydrogens is 663 g/mol. The molecule has 1 heteroatoms. The Morgan fingerprint density at radius 1 is 0.455 bits per heavy atom. The Balaban J connectivity index is 1.28. The summed E-state index contributed by atoms with van der Waals surface area (Å²) in [7, 11) is 0. The molecule has 0 amide bonds. The summed E-state index contributed by atoms with van der Waals surface area (Å²) >= 11 is 0. The monoisotopic (exact) mass is 711 g/mol. The van der Waals surface area contributed by atoms with Crippen LogP contribution in [0.3, 0.4) is 0 Å². The van der Waals surface area contributed by atoms with E-state index in [-0.39, 0.29) is 5.41 Å². The van der Waals surface area contributed by atoms with Crippen molar-refractivity contribution in [1.29, 1.82) is 0 Å². The fourth-order valence-electron chi connectivity index (χ4n) is 8.97. The summed E-state index contributed by atoms with van der Waals surface area (Å²) < 4.78 is 0. The maximum atomic E-state index is 2.51. The minimum Gasteiger partial charge on any atom is -0.309 e. The molecule has 1 fully saturated rings. The van der Waals surface area contributed by atoms with Gasteiger partial charge in [0.25, 0.3) is 0 Å². The molecular formula is C54H49N. The van der Waals surface area contributed by atoms with Crippen molar-refractivity contribution in [2.45, 2.75) is 64.2 Å². The summed E-state index contributed by atoms with van der Waals surface area (Å²) in [4.78, 5) is 2.51. The Morgan fingerprint density at radius 2 is 1.05 bits per heavy atom. The first-order valence-electron chi connectivity index (χ1n) is 20.1. The van der Waals surface area contributed by atoms with Crippen LogP contribution in [-0.2, 0) is 5.41 Å². The minimum absolute atomic E-state index is 0.00335. The Hall–Kier alpha value is -5.92. The van der Waals surface area contributed by atoms with Crippen molar-refractivity contribution in [3.63, 3.8) is 0 Å². The van der Waals surface area contributed by atoms with Gasteiger partial charge in [-0.05, 0) is 109 Å². The lowest BCUT2D eigenvalue weighted by Crippen LogP contribution is -2.15. The summed E-state index contributed by atoms with van der Waals surface area (Å²) in [5.41, 5.74) is 13.7.